The third kappa shape index (κ3) is 4.17. The Morgan fingerprint density at radius 2 is 1.81 bits per heavy atom. The van der Waals surface area contributed by atoms with Crippen LogP contribution in [0.15, 0.2) is 24.3 Å². The molecule has 8 heteroatoms. The van der Waals surface area contributed by atoms with Gasteiger partial charge in [0.05, 0.1) is 11.4 Å². The lowest BCUT2D eigenvalue weighted by Crippen LogP contribution is -2.53. The lowest BCUT2D eigenvalue weighted by atomic mass is 10.2. The van der Waals surface area contributed by atoms with E-state index in [1.54, 1.807) is 6.07 Å². The van der Waals surface area contributed by atoms with Crippen molar-refractivity contribution >= 4 is 17.4 Å². The van der Waals surface area contributed by atoms with E-state index in [1.807, 2.05) is 28.4 Å². The number of hydrogen-bond acceptors (Lipinski definition) is 3. The highest BCUT2D eigenvalue weighted by Crippen LogP contribution is 2.23. The van der Waals surface area contributed by atoms with Crippen LogP contribution in [0.1, 0.15) is 0 Å². The van der Waals surface area contributed by atoms with Crippen LogP contribution in [-0.2, 0) is 0 Å². The number of halogens is 3. The average molecular weight is 302 g/mol. The second-order valence-corrected chi connectivity index (χ2v) is 4.81. The van der Waals surface area contributed by atoms with E-state index < -0.39 is 18.8 Å². The summed E-state index contributed by atoms with van der Waals surface area (Å²) in [5.41, 5.74) is 7.41. The maximum absolute atomic E-state index is 12.1. The molecule has 1 aliphatic rings. The Balaban J connectivity index is 1.86. The van der Waals surface area contributed by atoms with E-state index in [9.17, 15) is 18.0 Å². The van der Waals surface area contributed by atoms with Crippen molar-refractivity contribution in [1.29, 1.82) is 0 Å². The molecule has 3 N–H and O–H groups in total. The second-order valence-electron chi connectivity index (χ2n) is 4.81. The van der Waals surface area contributed by atoms with Crippen LogP contribution in [0, 0.1) is 0 Å². The number of nitrogens with one attached hydrogen (secondary N) is 1. The summed E-state index contributed by atoms with van der Waals surface area (Å²) in [6, 6.07) is 6.69. The van der Waals surface area contributed by atoms with Crippen molar-refractivity contribution in [2.24, 2.45) is 0 Å². The Hall–Kier alpha value is -2.12. The van der Waals surface area contributed by atoms with Gasteiger partial charge in [0.15, 0.2) is 0 Å². The molecule has 2 rings (SSSR count). The second kappa shape index (κ2) is 6.11. The summed E-state index contributed by atoms with van der Waals surface area (Å²) in [4.78, 5) is 15.0. The third-order valence-electron chi connectivity index (χ3n) is 3.28. The van der Waals surface area contributed by atoms with Gasteiger partial charge in [-0.1, -0.05) is 12.1 Å². The fraction of sp³-hybridized carbons (Fsp3) is 0.462. The van der Waals surface area contributed by atoms with Crippen LogP contribution in [0.4, 0.5) is 29.3 Å². The number of benzene rings is 1. The molecule has 1 aromatic rings. The first-order valence-corrected chi connectivity index (χ1v) is 6.56. The Bertz CT molecular complexity index is 498. The molecular formula is C13H17F3N4O. The van der Waals surface area contributed by atoms with Crippen LogP contribution >= 0.6 is 0 Å². The number of urea groups is 1. The monoisotopic (exact) mass is 302 g/mol. The maximum Gasteiger partial charge on any atom is 0.405 e. The molecule has 2 amide bonds. The highest BCUT2D eigenvalue weighted by atomic mass is 19.4. The highest BCUT2D eigenvalue weighted by Gasteiger charge is 2.29. The molecule has 1 aromatic carbocycles. The first-order chi connectivity index (χ1) is 9.87. The van der Waals surface area contributed by atoms with Crippen LogP contribution < -0.4 is 16.0 Å². The van der Waals surface area contributed by atoms with Crippen molar-refractivity contribution in [3.05, 3.63) is 24.3 Å². The van der Waals surface area contributed by atoms with Crippen LogP contribution in [0.3, 0.4) is 0 Å². The van der Waals surface area contributed by atoms with Gasteiger partial charge < -0.3 is 20.9 Å². The van der Waals surface area contributed by atoms with Crippen molar-refractivity contribution in [3.8, 4) is 0 Å². The summed E-state index contributed by atoms with van der Waals surface area (Å²) >= 11 is 0. The van der Waals surface area contributed by atoms with Gasteiger partial charge in [0.1, 0.15) is 6.54 Å². The molecule has 0 spiro atoms. The molecule has 5 nitrogen and oxygen atoms in total. The summed E-state index contributed by atoms with van der Waals surface area (Å²) in [7, 11) is 0. The molecule has 21 heavy (non-hydrogen) atoms. The Labute approximate surface area is 120 Å². The Morgan fingerprint density at radius 3 is 2.38 bits per heavy atom. The van der Waals surface area contributed by atoms with Gasteiger partial charge in [-0.3, -0.25) is 0 Å². The molecule has 1 saturated heterocycles. The Morgan fingerprint density at radius 1 is 1.19 bits per heavy atom. The molecule has 0 saturated carbocycles. The predicted molar refractivity (Wildman–Crippen MR) is 74.1 cm³/mol. The SMILES string of the molecule is Nc1ccccc1N1CCN(C(=O)NCC(F)(F)F)CC1. The molecular weight excluding hydrogens is 285 g/mol. The number of nitrogen functional groups attached to an aromatic ring is 1. The van der Waals surface area contributed by atoms with Gasteiger partial charge in [0.2, 0.25) is 0 Å². The molecule has 1 aliphatic heterocycles. The van der Waals surface area contributed by atoms with Gasteiger partial charge in [-0.2, -0.15) is 13.2 Å². The van der Waals surface area contributed by atoms with Gasteiger partial charge in [0, 0.05) is 26.2 Å². The summed E-state index contributed by atoms with van der Waals surface area (Å²) in [6.07, 6.45) is -4.39. The first-order valence-electron chi connectivity index (χ1n) is 6.56. The third-order valence-corrected chi connectivity index (χ3v) is 3.28. The lowest BCUT2D eigenvalue weighted by molar-refractivity contribution is -0.123. The number of hydrogen-bond donors (Lipinski definition) is 2. The number of piperazine rings is 1. The number of carbonyl (C=O) groups is 1. The number of alkyl halides is 3. The molecule has 1 heterocycles. The summed E-state index contributed by atoms with van der Waals surface area (Å²) in [6.45, 7) is 0.481. The molecule has 0 bridgehead atoms. The van der Waals surface area contributed by atoms with E-state index in [0.29, 0.717) is 31.9 Å². The number of nitrogens with two attached hydrogens (primary N) is 1. The van der Waals surface area contributed by atoms with E-state index in [0.717, 1.165) is 5.69 Å². The van der Waals surface area contributed by atoms with Crippen molar-refractivity contribution in [2.45, 2.75) is 6.18 Å². The molecule has 116 valence electrons. The first kappa shape index (κ1) is 15.3. The van der Waals surface area contributed by atoms with E-state index in [-0.39, 0.29) is 0 Å². The van der Waals surface area contributed by atoms with Gasteiger partial charge in [0.25, 0.3) is 0 Å². The number of amides is 2. The molecule has 0 aromatic heterocycles. The van der Waals surface area contributed by atoms with E-state index in [4.69, 9.17) is 5.73 Å². The minimum Gasteiger partial charge on any atom is -0.397 e. The highest BCUT2D eigenvalue weighted by molar-refractivity contribution is 5.75. The molecule has 0 aliphatic carbocycles. The van der Waals surface area contributed by atoms with Gasteiger partial charge >= 0.3 is 12.2 Å². The Kier molecular flexibility index (Phi) is 4.44. The molecule has 0 atom stereocenters. The maximum atomic E-state index is 12.1. The minimum absolute atomic E-state index is 0.359. The number of nitrogens with zero attached hydrogens (tertiary/aromatic N) is 2. The predicted octanol–water partition coefficient (Wildman–Crippen LogP) is 1.66. The fourth-order valence-electron chi connectivity index (χ4n) is 2.21. The summed E-state index contributed by atoms with van der Waals surface area (Å²) in [5.74, 6) is 0. The van der Waals surface area contributed by atoms with Gasteiger partial charge in [-0.25, -0.2) is 4.79 Å². The lowest BCUT2D eigenvalue weighted by Gasteiger charge is -2.36. The number of carbonyl (C=O) groups excluding carboxylic acids is 1. The quantitative estimate of drug-likeness (QED) is 0.817. The van der Waals surface area contributed by atoms with E-state index >= 15 is 0 Å². The zero-order valence-electron chi connectivity index (χ0n) is 11.4. The van der Waals surface area contributed by atoms with Crippen molar-refractivity contribution < 1.29 is 18.0 Å². The van der Waals surface area contributed by atoms with E-state index in [1.165, 1.54) is 4.90 Å². The summed E-state index contributed by atoms with van der Waals surface area (Å²) < 4.78 is 36.2. The molecule has 0 radical (unpaired) electrons. The topological polar surface area (TPSA) is 61.6 Å². The largest absolute Gasteiger partial charge is 0.405 e. The fourth-order valence-corrected chi connectivity index (χ4v) is 2.21. The van der Waals surface area contributed by atoms with Crippen LogP contribution in [0.2, 0.25) is 0 Å². The average Bonchev–Trinajstić information content (AvgIpc) is 2.45. The summed E-state index contributed by atoms with van der Waals surface area (Å²) in [5, 5.41) is 1.88. The van der Waals surface area contributed by atoms with Crippen molar-refractivity contribution in [2.75, 3.05) is 43.4 Å². The smallest absolute Gasteiger partial charge is 0.397 e. The van der Waals surface area contributed by atoms with Crippen LogP contribution in [0.25, 0.3) is 0 Å². The molecule has 1 fully saturated rings. The number of para-hydroxylation sites is 2. The number of anilines is 2. The zero-order valence-corrected chi connectivity index (χ0v) is 11.4. The van der Waals surface area contributed by atoms with E-state index in [2.05, 4.69) is 0 Å². The van der Waals surface area contributed by atoms with Gasteiger partial charge in [-0.05, 0) is 12.1 Å². The standard InChI is InChI=1S/C13H17F3N4O/c14-13(15,16)9-18-12(21)20-7-5-19(6-8-20)11-4-2-1-3-10(11)17/h1-4H,5-9,17H2,(H,18,21). The van der Waals surface area contributed by atoms with Crippen molar-refractivity contribution in [3.63, 3.8) is 0 Å². The van der Waals surface area contributed by atoms with Crippen LogP contribution in [-0.4, -0.2) is 49.8 Å². The normalized spacial score (nSPS) is 16.0. The van der Waals surface area contributed by atoms with Gasteiger partial charge in [-0.15, -0.1) is 0 Å². The molecule has 0 unspecified atom stereocenters. The number of rotatable bonds is 2. The van der Waals surface area contributed by atoms with Crippen molar-refractivity contribution in [1.82, 2.24) is 10.2 Å². The zero-order chi connectivity index (χ0) is 15.5. The van der Waals surface area contributed by atoms with Crippen LogP contribution in [0.5, 0.6) is 0 Å². The minimum atomic E-state index is -4.39.